The zero-order valence-electron chi connectivity index (χ0n) is 8.57. The summed E-state index contributed by atoms with van der Waals surface area (Å²) in [5.41, 5.74) is 0. The Balaban J connectivity index is 0. The number of ether oxygens (including phenoxy) is 1. The fourth-order valence-electron chi connectivity index (χ4n) is 0.572. The van der Waals surface area contributed by atoms with Crippen molar-refractivity contribution in [1.29, 1.82) is 0 Å². The number of aliphatic hydroxyl groups excluding tert-OH is 1. The molecule has 0 saturated carbocycles. The Hall–Kier alpha value is -1.02. The Morgan fingerprint density at radius 3 is 2.15 bits per heavy atom. The van der Waals surface area contributed by atoms with Gasteiger partial charge in [-0.25, -0.2) is 0 Å². The fraction of sp³-hybridized carbons (Fsp3) is 0.455. The third kappa shape index (κ3) is 24.8. The molecule has 2 heteroatoms. The van der Waals surface area contributed by atoms with E-state index in [1.807, 2.05) is 19.9 Å². The molecule has 1 unspecified atom stereocenters. The highest BCUT2D eigenvalue weighted by Crippen LogP contribution is 1.95. The molecule has 76 valence electrons. The van der Waals surface area contributed by atoms with Crippen LogP contribution in [0.25, 0.3) is 0 Å². The lowest BCUT2D eigenvalue weighted by molar-refractivity contribution is 0.186. The average Bonchev–Trinajstić information content (AvgIpc) is 2.07. The van der Waals surface area contributed by atoms with Gasteiger partial charge >= 0.3 is 0 Å². The van der Waals surface area contributed by atoms with Gasteiger partial charge in [-0.3, -0.25) is 0 Å². The van der Waals surface area contributed by atoms with Gasteiger partial charge in [0, 0.05) is 0 Å². The lowest BCUT2D eigenvalue weighted by Gasteiger charge is -1.97. The minimum absolute atomic E-state index is 0.147. The van der Waals surface area contributed by atoms with E-state index in [9.17, 15) is 0 Å². The normalized spacial score (nSPS) is 11.3. The molecule has 0 amide bonds. The van der Waals surface area contributed by atoms with Crippen molar-refractivity contribution < 1.29 is 9.84 Å². The molecule has 0 spiro atoms. The number of hydrogen-bond donors (Lipinski definition) is 1. The standard InChI is InChI=1S/C7H14O.C4H6O/c1-3-4-5-6-7(2)8;1-3-5-4-2/h3-4,7-8H,5-6H2,1-2H3;3-4H,1-2H2. The van der Waals surface area contributed by atoms with Crippen LogP contribution in [0.3, 0.4) is 0 Å². The molecule has 0 heterocycles. The summed E-state index contributed by atoms with van der Waals surface area (Å²) in [6, 6.07) is 0. The van der Waals surface area contributed by atoms with Crippen molar-refractivity contribution in [2.75, 3.05) is 0 Å². The maximum atomic E-state index is 8.75. The van der Waals surface area contributed by atoms with Crippen LogP contribution < -0.4 is 0 Å². The smallest absolute Gasteiger partial charge is 0.0829 e. The highest BCUT2D eigenvalue weighted by Gasteiger charge is 1.89. The zero-order chi connectivity index (χ0) is 10.5. The summed E-state index contributed by atoms with van der Waals surface area (Å²) in [5.74, 6) is 0. The van der Waals surface area contributed by atoms with E-state index in [1.165, 1.54) is 12.5 Å². The summed E-state index contributed by atoms with van der Waals surface area (Å²) in [7, 11) is 0. The summed E-state index contributed by atoms with van der Waals surface area (Å²) in [5, 5.41) is 8.75. The molecule has 0 rings (SSSR count). The minimum Gasteiger partial charge on any atom is -0.474 e. The Bertz CT molecular complexity index is 131. The first-order chi connectivity index (χ1) is 6.18. The minimum atomic E-state index is -0.147. The molecule has 2 nitrogen and oxygen atoms in total. The topological polar surface area (TPSA) is 29.5 Å². The first kappa shape index (κ1) is 14.5. The second-order valence-corrected chi connectivity index (χ2v) is 2.46. The van der Waals surface area contributed by atoms with Gasteiger partial charge in [0.05, 0.1) is 18.6 Å². The van der Waals surface area contributed by atoms with Crippen LogP contribution in [0.5, 0.6) is 0 Å². The zero-order valence-corrected chi connectivity index (χ0v) is 8.57. The SMILES string of the molecule is C=COC=C.CC=CCCC(C)O. The largest absolute Gasteiger partial charge is 0.474 e. The quantitative estimate of drug-likeness (QED) is 0.525. The summed E-state index contributed by atoms with van der Waals surface area (Å²) in [6.45, 7) is 10.3. The van der Waals surface area contributed by atoms with Crippen molar-refractivity contribution in [3.8, 4) is 0 Å². The Kier molecular flexibility index (Phi) is 15.1. The van der Waals surface area contributed by atoms with Crippen LogP contribution in [0.2, 0.25) is 0 Å². The number of rotatable bonds is 5. The molecular formula is C11H20O2. The molecule has 0 aromatic carbocycles. The first-order valence-electron chi connectivity index (χ1n) is 4.35. The summed E-state index contributed by atoms with van der Waals surface area (Å²) in [6.07, 6.45) is 8.42. The van der Waals surface area contributed by atoms with Gasteiger partial charge in [-0.05, 0) is 26.7 Å². The molecule has 0 fully saturated rings. The molecule has 0 aromatic heterocycles. The van der Waals surface area contributed by atoms with Crippen molar-refractivity contribution in [3.05, 3.63) is 37.8 Å². The average molecular weight is 184 g/mol. The van der Waals surface area contributed by atoms with Crippen LogP contribution in [0, 0.1) is 0 Å². The van der Waals surface area contributed by atoms with Crippen LogP contribution in [-0.4, -0.2) is 11.2 Å². The molecule has 1 N–H and O–H groups in total. The first-order valence-corrected chi connectivity index (χ1v) is 4.35. The van der Waals surface area contributed by atoms with E-state index in [1.54, 1.807) is 0 Å². The van der Waals surface area contributed by atoms with Crippen molar-refractivity contribution in [2.45, 2.75) is 32.8 Å². The van der Waals surface area contributed by atoms with E-state index in [-0.39, 0.29) is 6.10 Å². The lowest BCUT2D eigenvalue weighted by atomic mass is 10.2. The second kappa shape index (κ2) is 13.6. The van der Waals surface area contributed by atoms with E-state index in [2.05, 4.69) is 24.0 Å². The third-order valence-electron chi connectivity index (χ3n) is 1.18. The Morgan fingerprint density at radius 1 is 1.38 bits per heavy atom. The van der Waals surface area contributed by atoms with Gasteiger partial charge in [0.25, 0.3) is 0 Å². The molecule has 0 aliphatic rings. The van der Waals surface area contributed by atoms with Gasteiger partial charge in [0.2, 0.25) is 0 Å². The lowest BCUT2D eigenvalue weighted by Crippen LogP contribution is -1.96. The highest BCUT2D eigenvalue weighted by molar-refractivity contribution is 4.76. The molecule has 0 aromatic rings. The summed E-state index contributed by atoms with van der Waals surface area (Å²) >= 11 is 0. The molecule has 0 aliphatic carbocycles. The van der Waals surface area contributed by atoms with Crippen LogP contribution >= 0.6 is 0 Å². The third-order valence-corrected chi connectivity index (χ3v) is 1.18. The summed E-state index contributed by atoms with van der Waals surface area (Å²) < 4.78 is 4.36. The maximum absolute atomic E-state index is 8.75. The predicted molar refractivity (Wildman–Crippen MR) is 57.2 cm³/mol. The van der Waals surface area contributed by atoms with Crippen LogP contribution in [0.4, 0.5) is 0 Å². The molecule has 0 saturated heterocycles. The van der Waals surface area contributed by atoms with Crippen molar-refractivity contribution in [2.24, 2.45) is 0 Å². The molecular weight excluding hydrogens is 164 g/mol. The van der Waals surface area contributed by atoms with Crippen LogP contribution in [0.1, 0.15) is 26.7 Å². The van der Waals surface area contributed by atoms with Crippen molar-refractivity contribution in [1.82, 2.24) is 0 Å². The fourth-order valence-corrected chi connectivity index (χ4v) is 0.572. The second-order valence-electron chi connectivity index (χ2n) is 2.46. The van der Waals surface area contributed by atoms with E-state index >= 15 is 0 Å². The Morgan fingerprint density at radius 2 is 1.92 bits per heavy atom. The molecule has 0 bridgehead atoms. The number of aliphatic hydroxyl groups is 1. The molecule has 1 atom stereocenters. The van der Waals surface area contributed by atoms with Gasteiger partial charge in [0.15, 0.2) is 0 Å². The maximum Gasteiger partial charge on any atom is 0.0829 e. The summed E-state index contributed by atoms with van der Waals surface area (Å²) in [4.78, 5) is 0. The van der Waals surface area contributed by atoms with Crippen LogP contribution in [-0.2, 0) is 4.74 Å². The van der Waals surface area contributed by atoms with Gasteiger partial charge in [-0.1, -0.05) is 25.3 Å². The number of hydrogen-bond acceptors (Lipinski definition) is 2. The molecule has 0 aliphatic heterocycles. The van der Waals surface area contributed by atoms with E-state index in [4.69, 9.17) is 5.11 Å². The van der Waals surface area contributed by atoms with Crippen molar-refractivity contribution >= 4 is 0 Å². The van der Waals surface area contributed by atoms with Gasteiger partial charge < -0.3 is 9.84 Å². The van der Waals surface area contributed by atoms with E-state index < -0.39 is 0 Å². The highest BCUT2D eigenvalue weighted by atomic mass is 16.5. The van der Waals surface area contributed by atoms with Gasteiger partial charge in [-0.15, -0.1) is 0 Å². The van der Waals surface area contributed by atoms with Crippen molar-refractivity contribution in [3.63, 3.8) is 0 Å². The van der Waals surface area contributed by atoms with Gasteiger partial charge in [0.1, 0.15) is 0 Å². The predicted octanol–water partition coefficient (Wildman–Crippen LogP) is 3.01. The molecule has 0 radical (unpaired) electrons. The monoisotopic (exact) mass is 184 g/mol. The molecule has 13 heavy (non-hydrogen) atoms. The number of allylic oxidation sites excluding steroid dienone is 2. The van der Waals surface area contributed by atoms with Crippen LogP contribution in [0.15, 0.2) is 37.8 Å². The van der Waals surface area contributed by atoms with E-state index in [0.29, 0.717) is 0 Å². The Labute approximate surface area is 81.2 Å². The van der Waals surface area contributed by atoms with E-state index in [0.717, 1.165) is 12.8 Å². The van der Waals surface area contributed by atoms with Gasteiger partial charge in [-0.2, -0.15) is 0 Å².